The van der Waals surface area contributed by atoms with Crippen LogP contribution in [0.15, 0.2) is 30.5 Å². The molecule has 0 aliphatic heterocycles. The average molecular weight is 354 g/mol. The van der Waals surface area contributed by atoms with Crippen molar-refractivity contribution in [2.45, 2.75) is 45.4 Å². The van der Waals surface area contributed by atoms with Crippen molar-refractivity contribution < 1.29 is 19.1 Å². The molecular formula is C20H22N2O4. The summed E-state index contributed by atoms with van der Waals surface area (Å²) in [6.45, 7) is 2.07. The molecule has 0 aliphatic rings. The maximum Gasteiger partial charge on any atom is 0.305 e. The van der Waals surface area contributed by atoms with Gasteiger partial charge in [-0.25, -0.2) is 0 Å². The Morgan fingerprint density at radius 3 is 2.62 bits per heavy atom. The summed E-state index contributed by atoms with van der Waals surface area (Å²) in [5.41, 5.74) is 1.55. The van der Waals surface area contributed by atoms with Crippen LogP contribution >= 0.6 is 0 Å². The lowest BCUT2D eigenvalue weighted by molar-refractivity contribution is -0.143. The molecule has 0 N–H and O–H groups in total. The normalized spacial score (nSPS) is 10.5. The molecule has 2 rings (SSSR count). The number of fused-ring (bicyclic) bond motifs is 1. The van der Waals surface area contributed by atoms with Gasteiger partial charge in [0.15, 0.2) is 0 Å². The minimum Gasteiger partial charge on any atom is -0.466 e. The molecule has 0 aliphatic carbocycles. The van der Waals surface area contributed by atoms with Crippen LogP contribution in [0.5, 0.6) is 0 Å². The number of Topliss-reactive ketones (excluding diaryl/α,β-unsaturated/α-hetero) is 1. The number of ketones is 1. The number of ether oxygens (including phenoxy) is 1. The number of rotatable bonds is 9. The van der Waals surface area contributed by atoms with Crippen molar-refractivity contribution in [3.63, 3.8) is 0 Å². The van der Waals surface area contributed by atoms with E-state index in [2.05, 4.69) is 6.07 Å². The SMILES string of the molecule is CCOC(=O)CCCC(=O)CCC(=O)n1cc(CC#N)c2ccccc21. The number of nitriles is 1. The van der Waals surface area contributed by atoms with Crippen LogP contribution in [0.4, 0.5) is 0 Å². The fourth-order valence-corrected chi connectivity index (χ4v) is 2.84. The van der Waals surface area contributed by atoms with Crippen LogP contribution in [0, 0.1) is 11.3 Å². The van der Waals surface area contributed by atoms with Gasteiger partial charge in [0, 0.05) is 37.3 Å². The number of aromatic nitrogens is 1. The van der Waals surface area contributed by atoms with E-state index in [-0.39, 0.29) is 49.8 Å². The van der Waals surface area contributed by atoms with E-state index in [4.69, 9.17) is 10.00 Å². The van der Waals surface area contributed by atoms with Crippen LogP contribution in [-0.2, 0) is 20.7 Å². The van der Waals surface area contributed by atoms with Crippen molar-refractivity contribution in [2.75, 3.05) is 6.61 Å². The highest BCUT2D eigenvalue weighted by Gasteiger charge is 2.15. The van der Waals surface area contributed by atoms with Gasteiger partial charge in [-0.3, -0.25) is 19.0 Å². The number of hydrogen-bond donors (Lipinski definition) is 0. The van der Waals surface area contributed by atoms with Gasteiger partial charge in [0.05, 0.1) is 24.6 Å². The summed E-state index contributed by atoms with van der Waals surface area (Å²) < 4.78 is 6.33. The van der Waals surface area contributed by atoms with Crippen LogP contribution in [0.3, 0.4) is 0 Å². The fraction of sp³-hybridized carbons (Fsp3) is 0.400. The van der Waals surface area contributed by atoms with Crippen molar-refractivity contribution in [1.82, 2.24) is 4.57 Å². The van der Waals surface area contributed by atoms with E-state index < -0.39 is 0 Å². The number of carbonyl (C=O) groups excluding carboxylic acids is 3. The summed E-state index contributed by atoms with van der Waals surface area (Å²) in [5, 5.41) is 9.81. The Morgan fingerprint density at radius 2 is 1.88 bits per heavy atom. The van der Waals surface area contributed by atoms with E-state index >= 15 is 0 Å². The van der Waals surface area contributed by atoms with Gasteiger partial charge in [-0.05, 0) is 25.0 Å². The number of hydrogen-bond acceptors (Lipinski definition) is 5. The van der Waals surface area contributed by atoms with Crippen molar-refractivity contribution in [3.8, 4) is 6.07 Å². The molecule has 0 saturated heterocycles. The molecule has 136 valence electrons. The first-order valence-electron chi connectivity index (χ1n) is 8.73. The molecule has 6 heteroatoms. The van der Waals surface area contributed by atoms with E-state index in [1.807, 2.05) is 24.3 Å². The first kappa shape index (κ1) is 19.4. The van der Waals surface area contributed by atoms with Gasteiger partial charge in [0.1, 0.15) is 5.78 Å². The Balaban J connectivity index is 1.92. The van der Waals surface area contributed by atoms with Crippen LogP contribution in [-0.4, -0.2) is 28.8 Å². The number of esters is 1. The van der Waals surface area contributed by atoms with Gasteiger partial charge in [-0.15, -0.1) is 0 Å². The van der Waals surface area contributed by atoms with E-state index in [1.165, 1.54) is 4.57 Å². The van der Waals surface area contributed by atoms with Crippen molar-refractivity contribution in [3.05, 3.63) is 36.0 Å². The zero-order valence-electron chi connectivity index (χ0n) is 14.9. The second kappa shape index (κ2) is 9.52. The molecule has 0 spiro atoms. The molecule has 26 heavy (non-hydrogen) atoms. The first-order valence-corrected chi connectivity index (χ1v) is 8.73. The lowest BCUT2D eigenvalue weighted by Gasteiger charge is -2.04. The third-order valence-corrected chi connectivity index (χ3v) is 4.09. The zero-order valence-corrected chi connectivity index (χ0v) is 14.9. The van der Waals surface area contributed by atoms with Crippen molar-refractivity contribution >= 4 is 28.6 Å². The topological polar surface area (TPSA) is 89.2 Å². The van der Waals surface area contributed by atoms with Crippen molar-refractivity contribution in [1.29, 1.82) is 5.26 Å². The van der Waals surface area contributed by atoms with Crippen LogP contribution in [0.2, 0.25) is 0 Å². The van der Waals surface area contributed by atoms with Gasteiger partial charge < -0.3 is 4.74 Å². The molecule has 1 aromatic carbocycles. The number of carbonyl (C=O) groups is 3. The minimum absolute atomic E-state index is 0.0450. The molecule has 6 nitrogen and oxygen atoms in total. The zero-order chi connectivity index (χ0) is 18.9. The highest BCUT2D eigenvalue weighted by molar-refractivity contribution is 5.96. The van der Waals surface area contributed by atoms with Gasteiger partial charge in [-0.2, -0.15) is 5.26 Å². The second-order valence-corrected chi connectivity index (χ2v) is 5.97. The Kier molecular flexibility index (Phi) is 7.10. The molecule has 1 heterocycles. The Morgan fingerprint density at radius 1 is 1.12 bits per heavy atom. The van der Waals surface area contributed by atoms with Crippen molar-refractivity contribution in [2.24, 2.45) is 0 Å². The standard InChI is InChI=1S/C20H22N2O4/c1-2-26-20(25)9-5-6-16(23)10-11-19(24)22-14-15(12-13-21)17-7-3-4-8-18(17)22/h3-4,7-8,14H,2,5-6,9-12H2,1H3. The molecule has 0 saturated carbocycles. The number of nitrogens with zero attached hydrogens (tertiary/aromatic N) is 2. The Labute approximate surface area is 152 Å². The Hall–Kier alpha value is -2.94. The maximum absolute atomic E-state index is 12.5. The molecule has 0 amide bonds. The summed E-state index contributed by atoms with van der Waals surface area (Å²) in [7, 11) is 0. The first-order chi connectivity index (χ1) is 12.6. The second-order valence-electron chi connectivity index (χ2n) is 5.97. The van der Waals surface area contributed by atoms with Gasteiger partial charge in [0.25, 0.3) is 0 Å². The summed E-state index contributed by atoms with van der Waals surface area (Å²) in [4.78, 5) is 35.7. The Bertz CT molecular complexity index is 845. The highest BCUT2D eigenvalue weighted by atomic mass is 16.5. The molecule has 1 aromatic heterocycles. The van der Waals surface area contributed by atoms with Crippen LogP contribution in [0.25, 0.3) is 10.9 Å². The van der Waals surface area contributed by atoms with Gasteiger partial charge in [-0.1, -0.05) is 18.2 Å². The van der Waals surface area contributed by atoms with Crippen LogP contribution < -0.4 is 0 Å². The summed E-state index contributed by atoms with van der Waals surface area (Å²) in [5.74, 6) is -0.527. The van der Waals surface area contributed by atoms with E-state index in [1.54, 1.807) is 13.1 Å². The molecule has 0 bridgehead atoms. The predicted octanol–water partition coefficient (Wildman–Crippen LogP) is 3.43. The fourth-order valence-electron chi connectivity index (χ4n) is 2.84. The maximum atomic E-state index is 12.5. The van der Waals surface area contributed by atoms with E-state index in [9.17, 15) is 14.4 Å². The molecular weight excluding hydrogens is 332 g/mol. The lowest BCUT2D eigenvalue weighted by Crippen LogP contribution is -2.12. The summed E-state index contributed by atoms with van der Waals surface area (Å²) in [6.07, 6.45) is 3.07. The van der Waals surface area contributed by atoms with E-state index in [0.29, 0.717) is 13.0 Å². The third-order valence-electron chi connectivity index (χ3n) is 4.09. The smallest absolute Gasteiger partial charge is 0.305 e. The molecule has 0 unspecified atom stereocenters. The third kappa shape index (κ3) is 5.03. The van der Waals surface area contributed by atoms with E-state index in [0.717, 1.165) is 16.5 Å². The largest absolute Gasteiger partial charge is 0.466 e. The lowest BCUT2D eigenvalue weighted by atomic mass is 10.1. The minimum atomic E-state index is -0.305. The highest BCUT2D eigenvalue weighted by Crippen LogP contribution is 2.22. The van der Waals surface area contributed by atoms with Crippen LogP contribution in [0.1, 0.15) is 49.4 Å². The van der Waals surface area contributed by atoms with Gasteiger partial charge >= 0.3 is 5.97 Å². The molecule has 2 aromatic rings. The predicted molar refractivity (Wildman–Crippen MR) is 96.6 cm³/mol. The van der Waals surface area contributed by atoms with Gasteiger partial charge in [0.2, 0.25) is 5.91 Å². The molecule has 0 atom stereocenters. The average Bonchev–Trinajstić information content (AvgIpc) is 2.99. The summed E-state index contributed by atoms with van der Waals surface area (Å²) >= 11 is 0. The quantitative estimate of drug-likeness (QED) is 0.644. The monoisotopic (exact) mass is 354 g/mol. The number of benzene rings is 1. The number of para-hydroxylation sites is 1. The summed E-state index contributed by atoms with van der Waals surface area (Å²) in [6, 6.07) is 9.52. The molecule has 0 fully saturated rings. The molecule has 0 radical (unpaired) electrons.